The SMILES string of the molecule is CCCN1C[C@@H](CC(=O)N2CCCCC2)C[C@@H]2CC(=O)CC[C@H]21. The van der Waals surface area contributed by atoms with Crippen LogP contribution in [0.3, 0.4) is 0 Å². The Morgan fingerprint density at radius 1 is 1.22 bits per heavy atom. The number of Topliss-reactive ketones (excluding diaryl/α,β-unsaturated/α-hetero) is 1. The Morgan fingerprint density at radius 3 is 2.74 bits per heavy atom. The van der Waals surface area contributed by atoms with E-state index in [-0.39, 0.29) is 0 Å². The van der Waals surface area contributed by atoms with Crippen molar-refractivity contribution in [3.63, 3.8) is 0 Å². The highest BCUT2D eigenvalue weighted by molar-refractivity contribution is 5.79. The van der Waals surface area contributed by atoms with Gasteiger partial charge in [0.2, 0.25) is 5.91 Å². The zero-order valence-corrected chi connectivity index (χ0v) is 14.6. The molecule has 0 spiro atoms. The number of carbonyl (C=O) groups excluding carboxylic acids is 2. The molecule has 4 heteroatoms. The van der Waals surface area contributed by atoms with Crippen LogP contribution in [-0.4, -0.2) is 53.7 Å². The van der Waals surface area contributed by atoms with Gasteiger partial charge < -0.3 is 4.90 Å². The molecule has 4 nitrogen and oxygen atoms in total. The topological polar surface area (TPSA) is 40.6 Å². The number of likely N-dealkylation sites (tertiary alicyclic amines) is 2. The first-order valence-electron chi connectivity index (χ1n) is 9.71. The van der Waals surface area contributed by atoms with E-state index in [0.717, 1.165) is 71.1 Å². The van der Waals surface area contributed by atoms with Gasteiger partial charge in [0.15, 0.2) is 0 Å². The monoisotopic (exact) mass is 320 g/mol. The normalized spacial score (nSPS) is 32.7. The minimum absolute atomic E-state index is 0.353. The molecular formula is C19H32N2O2. The molecular weight excluding hydrogens is 288 g/mol. The Balaban J connectivity index is 1.60. The lowest BCUT2D eigenvalue weighted by molar-refractivity contribution is -0.134. The molecule has 3 atom stereocenters. The highest BCUT2D eigenvalue weighted by atomic mass is 16.2. The fourth-order valence-corrected chi connectivity index (χ4v) is 4.98. The lowest BCUT2D eigenvalue weighted by Gasteiger charge is -2.47. The molecule has 3 aliphatic rings. The number of rotatable bonds is 4. The molecule has 2 saturated heterocycles. The van der Waals surface area contributed by atoms with E-state index >= 15 is 0 Å². The summed E-state index contributed by atoms with van der Waals surface area (Å²) < 4.78 is 0. The van der Waals surface area contributed by atoms with Crippen LogP contribution in [0.5, 0.6) is 0 Å². The molecule has 0 unspecified atom stereocenters. The summed E-state index contributed by atoms with van der Waals surface area (Å²) in [5, 5.41) is 0. The smallest absolute Gasteiger partial charge is 0.222 e. The maximum atomic E-state index is 12.6. The number of hydrogen-bond acceptors (Lipinski definition) is 3. The number of nitrogens with zero attached hydrogens (tertiary/aromatic N) is 2. The third kappa shape index (κ3) is 4.14. The molecule has 130 valence electrons. The van der Waals surface area contributed by atoms with Crippen molar-refractivity contribution in [3.05, 3.63) is 0 Å². The van der Waals surface area contributed by atoms with Gasteiger partial charge in [-0.25, -0.2) is 0 Å². The van der Waals surface area contributed by atoms with E-state index in [1.54, 1.807) is 0 Å². The van der Waals surface area contributed by atoms with Crippen LogP contribution in [-0.2, 0) is 9.59 Å². The van der Waals surface area contributed by atoms with Crippen molar-refractivity contribution in [1.82, 2.24) is 9.80 Å². The molecule has 0 bridgehead atoms. The van der Waals surface area contributed by atoms with Crippen molar-refractivity contribution in [2.45, 2.75) is 70.8 Å². The second-order valence-electron chi connectivity index (χ2n) is 7.85. The van der Waals surface area contributed by atoms with E-state index in [4.69, 9.17) is 0 Å². The van der Waals surface area contributed by atoms with E-state index in [1.807, 2.05) is 0 Å². The quantitative estimate of drug-likeness (QED) is 0.800. The molecule has 2 aliphatic heterocycles. The van der Waals surface area contributed by atoms with Gasteiger partial charge in [-0.2, -0.15) is 0 Å². The largest absolute Gasteiger partial charge is 0.343 e. The van der Waals surface area contributed by atoms with E-state index in [1.165, 1.54) is 6.42 Å². The second kappa shape index (κ2) is 7.78. The van der Waals surface area contributed by atoms with E-state index in [9.17, 15) is 9.59 Å². The number of fused-ring (bicyclic) bond motifs is 1. The zero-order chi connectivity index (χ0) is 16.2. The summed E-state index contributed by atoms with van der Waals surface area (Å²) in [5.41, 5.74) is 0. The number of carbonyl (C=O) groups is 2. The Hall–Kier alpha value is -0.900. The molecule has 0 aromatic heterocycles. The summed E-state index contributed by atoms with van der Waals surface area (Å²) in [5.74, 6) is 1.73. The maximum absolute atomic E-state index is 12.6. The molecule has 0 N–H and O–H groups in total. The molecule has 0 radical (unpaired) electrons. The Labute approximate surface area is 140 Å². The summed E-state index contributed by atoms with van der Waals surface area (Å²) in [6.07, 6.45) is 9.07. The van der Waals surface area contributed by atoms with Crippen LogP contribution in [0.4, 0.5) is 0 Å². The van der Waals surface area contributed by atoms with Gasteiger partial charge >= 0.3 is 0 Å². The Kier molecular flexibility index (Phi) is 5.73. The second-order valence-corrected chi connectivity index (χ2v) is 7.85. The number of hydrogen-bond donors (Lipinski definition) is 0. The predicted molar refractivity (Wildman–Crippen MR) is 91.2 cm³/mol. The molecule has 1 aliphatic carbocycles. The Morgan fingerprint density at radius 2 is 2.00 bits per heavy atom. The zero-order valence-electron chi connectivity index (χ0n) is 14.6. The lowest BCUT2D eigenvalue weighted by atomic mass is 9.73. The van der Waals surface area contributed by atoms with Gasteiger partial charge in [0.1, 0.15) is 5.78 Å². The summed E-state index contributed by atoms with van der Waals surface area (Å²) in [7, 11) is 0. The van der Waals surface area contributed by atoms with Gasteiger partial charge in [-0.3, -0.25) is 14.5 Å². The first kappa shape index (κ1) is 16.9. The summed E-state index contributed by atoms with van der Waals surface area (Å²) in [6, 6.07) is 0.592. The summed E-state index contributed by atoms with van der Waals surface area (Å²) in [4.78, 5) is 29.1. The maximum Gasteiger partial charge on any atom is 0.222 e. The number of piperidine rings is 2. The van der Waals surface area contributed by atoms with E-state index in [2.05, 4.69) is 16.7 Å². The molecule has 1 amide bonds. The van der Waals surface area contributed by atoms with Crippen molar-refractivity contribution >= 4 is 11.7 Å². The van der Waals surface area contributed by atoms with Crippen LogP contribution >= 0.6 is 0 Å². The van der Waals surface area contributed by atoms with Crippen LogP contribution in [0.2, 0.25) is 0 Å². The summed E-state index contributed by atoms with van der Waals surface area (Å²) in [6.45, 7) is 6.31. The van der Waals surface area contributed by atoms with Gasteiger partial charge in [0, 0.05) is 44.9 Å². The van der Waals surface area contributed by atoms with Crippen LogP contribution in [0, 0.1) is 11.8 Å². The third-order valence-corrected chi connectivity index (χ3v) is 6.03. The van der Waals surface area contributed by atoms with Gasteiger partial charge in [0.05, 0.1) is 0 Å². The first-order valence-corrected chi connectivity index (χ1v) is 9.71. The first-order chi connectivity index (χ1) is 11.2. The van der Waals surface area contributed by atoms with Crippen LogP contribution in [0.25, 0.3) is 0 Å². The molecule has 0 aromatic carbocycles. The molecule has 0 aromatic rings. The average Bonchev–Trinajstić information content (AvgIpc) is 2.55. The lowest BCUT2D eigenvalue weighted by Crippen LogP contribution is -2.52. The van der Waals surface area contributed by atoms with Gasteiger partial charge in [-0.05, 0) is 56.9 Å². The molecule has 23 heavy (non-hydrogen) atoms. The molecule has 3 fully saturated rings. The van der Waals surface area contributed by atoms with Gasteiger partial charge in [-0.15, -0.1) is 0 Å². The van der Waals surface area contributed by atoms with Crippen molar-refractivity contribution < 1.29 is 9.59 Å². The van der Waals surface area contributed by atoms with Crippen molar-refractivity contribution in [3.8, 4) is 0 Å². The van der Waals surface area contributed by atoms with Crippen LogP contribution in [0.1, 0.15) is 64.7 Å². The molecule has 3 rings (SSSR count). The van der Waals surface area contributed by atoms with Crippen molar-refractivity contribution in [2.24, 2.45) is 11.8 Å². The van der Waals surface area contributed by atoms with E-state index in [0.29, 0.717) is 36.0 Å². The number of ketones is 1. The van der Waals surface area contributed by atoms with Gasteiger partial charge in [-0.1, -0.05) is 6.92 Å². The highest BCUT2D eigenvalue weighted by Crippen LogP contribution is 2.37. The predicted octanol–water partition coefficient (Wildman–Crippen LogP) is 2.86. The number of amides is 1. The van der Waals surface area contributed by atoms with E-state index < -0.39 is 0 Å². The fraction of sp³-hybridized carbons (Fsp3) is 0.895. The standard InChI is InChI=1S/C19H32N2O2/c1-2-8-21-14-15(11-16-13-17(22)6-7-18(16)21)12-19(23)20-9-4-3-5-10-20/h15-16,18H,2-14H2,1H3/t15-,16-,18-/m1/s1. The average molecular weight is 320 g/mol. The summed E-state index contributed by atoms with van der Waals surface area (Å²) >= 11 is 0. The Bertz CT molecular complexity index is 431. The molecule has 2 heterocycles. The highest BCUT2D eigenvalue weighted by Gasteiger charge is 2.40. The van der Waals surface area contributed by atoms with Crippen molar-refractivity contribution in [2.75, 3.05) is 26.2 Å². The minimum Gasteiger partial charge on any atom is -0.343 e. The van der Waals surface area contributed by atoms with Gasteiger partial charge in [0.25, 0.3) is 0 Å². The third-order valence-electron chi connectivity index (χ3n) is 6.03. The van der Waals surface area contributed by atoms with Crippen LogP contribution in [0.15, 0.2) is 0 Å². The van der Waals surface area contributed by atoms with Crippen LogP contribution < -0.4 is 0 Å². The fourth-order valence-electron chi connectivity index (χ4n) is 4.98. The molecule has 1 saturated carbocycles. The minimum atomic E-state index is 0.353. The van der Waals surface area contributed by atoms with Crippen molar-refractivity contribution in [1.29, 1.82) is 0 Å².